The number of Topliss-reactive ketones (excluding diaryl/α,β-unsaturated/α-hetero) is 1. The van der Waals surface area contributed by atoms with Crippen LogP contribution < -0.4 is 5.32 Å². The van der Waals surface area contributed by atoms with Gasteiger partial charge in [-0.2, -0.15) is 0 Å². The quantitative estimate of drug-likeness (QED) is 0.568. The number of likely N-dealkylation sites (tertiary alicyclic amines) is 1. The number of H-pyrrole nitrogens is 1. The topological polar surface area (TPSA) is 78.1 Å². The number of carbonyl (C=O) groups is 2. The van der Waals surface area contributed by atoms with Crippen LogP contribution in [0.3, 0.4) is 0 Å². The van der Waals surface area contributed by atoms with E-state index in [4.69, 9.17) is 0 Å². The zero-order valence-electron chi connectivity index (χ0n) is 17.5. The Morgan fingerprint density at radius 2 is 1.97 bits per heavy atom. The summed E-state index contributed by atoms with van der Waals surface area (Å²) in [5, 5.41) is 3.21. The Balaban J connectivity index is 1.61. The van der Waals surface area contributed by atoms with Gasteiger partial charge in [0.25, 0.3) is 0 Å². The largest absolute Gasteiger partial charge is 0.346 e. The number of nitrogens with zero attached hydrogens (tertiary/aromatic N) is 2. The summed E-state index contributed by atoms with van der Waals surface area (Å²) in [6, 6.07) is 9.94. The molecule has 2 N–H and O–H groups in total. The van der Waals surface area contributed by atoms with Gasteiger partial charge in [0.1, 0.15) is 11.6 Å². The normalized spacial score (nSPS) is 15.7. The first-order valence-electron chi connectivity index (χ1n) is 10.7. The molecule has 1 aliphatic heterocycles. The lowest BCUT2D eigenvalue weighted by Crippen LogP contribution is -2.52. The van der Waals surface area contributed by atoms with Crippen molar-refractivity contribution < 1.29 is 9.59 Å². The van der Waals surface area contributed by atoms with E-state index in [0.29, 0.717) is 18.6 Å². The molecule has 2 aromatic rings. The highest BCUT2D eigenvalue weighted by atomic mass is 16.2. The summed E-state index contributed by atoms with van der Waals surface area (Å²) in [6.45, 7) is 3.53. The zero-order valence-corrected chi connectivity index (χ0v) is 17.5. The molecule has 2 heterocycles. The second-order valence-corrected chi connectivity index (χ2v) is 8.02. The van der Waals surface area contributed by atoms with Crippen LogP contribution in [0.4, 0.5) is 0 Å². The molecule has 1 aromatic heterocycles. The lowest BCUT2D eigenvalue weighted by molar-refractivity contribution is -0.130. The number of imidazole rings is 1. The Morgan fingerprint density at radius 3 is 2.66 bits per heavy atom. The van der Waals surface area contributed by atoms with E-state index in [0.717, 1.165) is 55.9 Å². The Labute approximate surface area is 173 Å². The van der Waals surface area contributed by atoms with E-state index in [9.17, 15) is 9.59 Å². The summed E-state index contributed by atoms with van der Waals surface area (Å²) < 4.78 is 0. The molecule has 0 aliphatic carbocycles. The molecule has 1 saturated heterocycles. The summed E-state index contributed by atoms with van der Waals surface area (Å²) in [5.74, 6) is 1.29. The van der Waals surface area contributed by atoms with Gasteiger partial charge in [-0.05, 0) is 25.5 Å². The SMILES string of the molecule is CCC(=O)CCCCC[C@H](NC(=O)C1CN(C)C1)c1ncc(-c2ccccc2)[nH]1. The van der Waals surface area contributed by atoms with E-state index >= 15 is 0 Å². The van der Waals surface area contributed by atoms with Gasteiger partial charge in [0.2, 0.25) is 5.91 Å². The van der Waals surface area contributed by atoms with Crippen molar-refractivity contribution in [3.05, 3.63) is 42.4 Å². The molecule has 0 spiro atoms. The fraction of sp³-hybridized carbons (Fsp3) is 0.522. The first-order chi connectivity index (χ1) is 14.1. The van der Waals surface area contributed by atoms with Crippen LogP contribution in [0.1, 0.15) is 57.3 Å². The number of amides is 1. The van der Waals surface area contributed by atoms with Crippen LogP contribution in [0.2, 0.25) is 0 Å². The molecule has 3 rings (SSSR count). The molecule has 1 aromatic carbocycles. The number of unbranched alkanes of at least 4 members (excludes halogenated alkanes) is 2. The molecule has 1 fully saturated rings. The maximum absolute atomic E-state index is 12.6. The number of carbonyl (C=O) groups excluding carboxylic acids is 2. The van der Waals surface area contributed by atoms with Crippen molar-refractivity contribution in [3.8, 4) is 11.3 Å². The van der Waals surface area contributed by atoms with Crippen LogP contribution in [0.15, 0.2) is 36.5 Å². The molecular weight excluding hydrogens is 364 g/mol. The molecule has 6 nitrogen and oxygen atoms in total. The fourth-order valence-corrected chi connectivity index (χ4v) is 3.73. The number of hydrogen-bond acceptors (Lipinski definition) is 4. The number of rotatable bonds is 11. The third kappa shape index (κ3) is 6.00. The monoisotopic (exact) mass is 396 g/mol. The van der Waals surface area contributed by atoms with Crippen LogP contribution in [-0.2, 0) is 9.59 Å². The highest BCUT2D eigenvalue weighted by molar-refractivity contribution is 5.80. The third-order valence-corrected chi connectivity index (χ3v) is 5.60. The van der Waals surface area contributed by atoms with E-state index in [1.807, 2.05) is 50.5 Å². The van der Waals surface area contributed by atoms with E-state index < -0.39 is 0 Å². The average molecular weight is 397 g/mol. The first-order valence-corrected chi connectivity index (χ1v) is 10.7. The van der Waals surface area contributed by atoms with Crippen LogP contribution in [0.5, 0.6) is 0 Å². The molecule has 29 heavy (non-hydrogen) atoms. The van der Waals surface area contributed by atoms with E-state index in [1.165, 1.54) is 0 Å². The highest BCUT2D eigenvalue weighted by Crippen LogP contribution is 2.24. The first kappa shape index (κ1) is 21.2. The molecule has 0 unspecified atom stereocenters. The van der Waals surface area contributed by atoms with Gasteiger partial charge in [0.05, 0.1) is 23.9 Å². The Kier molecular flexibility index (Phi) is 7.58. The summed E-state index contributed by atoms with van der Waals surface area (Å²) >= 11 is 0. The molecule has 1 amide bonds. The van der Waals surface area contributed by atoms with Gasteiger partial charge >= 0.3 is 0 Å². The molecule has 1 aliphatic rings. The Morgan fingerprint density at radius 1 is 1.21 bits per heavy atom. The average Bonchev–Trinajstić information content (AvgIpc) is 3.20. The maximum Gasteiger partial charge on any atom is 0.226 e. The summed E-state index contributed by atoms with van der Waals surface area (Å²) in [6.07, 6.45) is 6.76. The van der Waals surface area contributed by atoms with Gasteiger partial charge in [-0.3, -0.25) is 9.59 Å². The summed E-state index contributed by atoms with van der Waals surface area (Å²) in [4.78, 5) is 34.2. The Bertz CT molecular complexity index is 796. The zero-order chi connectivity index (χ0) is 20.6. The summed E-state index contributed by atoms with van der Waals surface area (Å²) in [7, 11) is 2.03. The predicted molar refractivity (Wildman–Crippen MR) is 114 cm³/mol. The molecular formula is C23H32N4O2. The van der Waals surface area contributed by atoms with Gasteiger partial charge in [-0.25, -0.2) is 4.98 Å². The van der Waals surface area contributed by atoms with E-state index in [2.05, 4.69) is 20.2 Å². The minimum absolute atomic E-state index is 0.0632. The van der Waals surface area contributed by atoms with Gasteiger partial charge in [-0.15, -0.1) is 0 Å². The van der Waals surface area contributed by atoms with Gasteiger partial charge in [0, 0.05) is 25.9 Å². The fourth-order valence-electron chi connectivity index (χ4n) is 3.73. The number of benzene rings is 1. The van der Waals surface area contributed by atoms with Crippen LogP contribution >= 0.6 is 0 Å². The predicted octanol–water partition coefficient (Wildman–Crippen LogP) is 3.73. The molecule has 6 heteroatoms. The number of aromatic nitrogens is 2. The molecule has 156 valence electrons. The lowest BCUT2D eigenvalue weighted by Gasteiger charge is -2.35. The van der Waals surface area contributed by atoms with Gasteiger partial charge < -0.3 is 15.2 Å². The molecule has 0 radical (unpaired) electrons. The Hall–Kier alpha value is -2.47. The van der Waals surface area contributed by atoms with Crippen LogP contribution in [-0.4, -0.2) is 46.7 Å². The number of aromatic amines is 1. The number of hydrogen-bond donors (Lipinski definition) is 2. The van der Waals surface area contributed by atoms with Crippen molar-refractivity contribution in [1.82, 2.24) is 20.2 Å². The minimum atomic E-state index is -0.132. The van der Waals surface area contributed by atoms with Crippen LogP contribution in [0, 0.1) is 5.92 Å². The van der Waals surface area contributed by atoms with Crippen molar-refractivity contribution in [2.45, 2.75) is 51.5 Å². The second kappa shape index (κ2) is 10.3. The van der Waals surface area contributed by atoms with E-state index in [1.54, 1.807) is 0 Å². The molecule has 1 atom stereocenters. The molecule has 0 saturated carbocycles. The van der Waals surface area contributed by atoms with Crippen molar-refractivity contribution in [2.75, 3.05) is 20.1 Å². The van der Waals surface area contributed by atoms with Crippen molar-refractivity contribution >= 4 is 11.7 Å². The maximum atomic E-state index is 12.6. The van der Waals surface area contributed by atoms with Crippen molar-refractivity contribution in [3.63, 3.8) is 0 Å². The van der Waals surface area contributed by atoms with Crippen molar-refractivity contribution in [1.29, 1.82) is 0 Å². The number of ketones is 1. The number of nitrogens with one attached hydrogen (secondary N) is 2. The second-order valence-electron chi connectivity index (χ2n) is 8.02. The standard InChI is InChI=1S/C23H32N4O2/c1-3-19(28)12-8-5-9-13-20(26-23(29)18-15-27(2)16-18)22-24-14-21(25-22)17-10-6-4-7-11-17/h4,6-7,10-11,14,18,20H,3,5,8-9,12-13,15-16H2,1-2H3,(H,24,25)(H,26,29)/t20-/m0/s1. The van der Waals surface area contributed by atoms with Gasteiger partial charge in [0.15, 0.2) is 0 Å². The summed E-state index contributed by atoms with van der Waals surface area (Å²) in [5.41, 5.74) is 2.03. The van der Waals surface area contributed by atoms with Gasteiger partial charge in [-0.1, -0.05) is 50.1 Å². The lowest BCUT2D eigenvalue weighted by atomic mass is 9.98. The minimum Gasteiger partial charge on any atom is -0.346 e. The van der Waals surface area contributed by atoms with Crippen molar-refractivity contribution in [2.24, 2.45) is 5.92 Å². The highest BCUT2D eigenvalue weighted by Gasteiger charge is 2.31. The van der Waals surface area contributed by atoms with Crippen LogP contribution in [0.25, 0.3) is 11.3 Å². The molecule has 0 bridgehead atoms. The third-order valence-electron chi connectivity index (χ3n) is 5.60. The van der Waals surface area contributed by atoms with E-state index in [-0.39, 0.29) is 17.9 Å². The smallest absolute Gasteiger partial charge is 0.226 e.